The Balaban J connectivity index is 0.000000277. The Labute approximate surface area is 147 Å². The fourth-order valence-corrected chi connectivity index (χ4v) is 3.98. The number of rotatable bonds is 6. The molecule has 0 spiro atoms. The second-order valence-corrected chi connectivity index (χ2v) is 7.69. The summed E-state index contributed by atoms with van der Waals surface area (Å²) in [5, 5.41) is 0. The zero-order valence-corrected chi connectivity index (χ0v) is 16.1. The topological polar surface area (TPSA) is 34.1 Å². The van der Waals surface area contributed by atoms with Crippen LogP contribution in [0.25, 0.3) is 0 Å². The lowest BCUT2D eigenvalue weighted by molar-refractivity contribution is -0.921. The van der Waals surface area contributed by atoms with Gasteiger partial charge >= 0.3 is 0 Å². The molecule has 0 fully saturated rings. The van der Waals surface area contributed by atoms with E-state index in [-0.39, 0.29) is 0 Å². The van der Waals surface area contributed by atoms with E-state index >= 15 is 0 Å². The van der Waals surface area contributed by atoms with Crippen LogP contribution in [0.2, 0.25) is 0 Å². The van der Waals surface area contributed by atoms with Crippen LogP contribution in [0, 0.1) is 0 Å². The Bertz CT molecular complexity index is 615. The molecule has 0 heterocycles. The Hall–Kier alpha value is -1.65. The summed E-state index contributed by atoms with van der Waals surface area (Å²) >= 11 is 0. The van der Waals surface area contributed by atoms with E-state index in [2.05, 4.69) is 27.7 Å². The van der Waals surface area contributed by atoms with Crippen LogP contribution >= 0.6 is 0 Å². The van der Waals surface area contributed by atoms with Gasteiger partial charge in [-0.15, -0.1) is 0 Å². The van der Waals surface area contributed by atoms with Gasteiger partial charge in [0.1, 0.15) is 0 Å². The van der Waals surface area contributed by atoms with Gasteiger partial charge in [-0.25, -0.2) is 8.42 Å². The van der Waals surface area contributed by atoms with Crippen LogP contribution in [-0.4, -0.2) is 39.1 Å². The number of nitrogens with zero attached hydrogens (tertiary/aromatic N) is 1. The molecule has 0 aromatic heterocycles. The maximum atomic E-state index is 12.0. The lowest BCUT2D eigenvalue weighted by Crippen LogP contribution is -2.47. The number of quaternary nitrogens is 1. The average molecular weight is 349 g/mol. The molecule has 2 aromatic rings. The molecule has 0 amide bonds. The molecule has 0 aliphatic rings. The molecular formula is C20H30NO2S+. The van der Waals surface area contributed by atoms with E-state index in [1.54, 1.807) is 60.7 Å². The highest BCUT2D eigenvalue weighted by Crippen LogP contribution is 2.19. The molecule has 24 heavy (non-hydrogen) atoms. The molecular weight excluding hydrogens is 318 g/mol. The van der Waals surface area contributed by atoms with Crippen LogP contribution in [-0.2, 0) is 9.84 Å². The molecule has 0 unspecified atom stereocenters. The van der Waals surface area contributed by atoms with Crippen molar-refractivity contribution in [1.29, 1.82) is 0 Å². The molecule has 132 valence electrons. The first-order valence-corrected chi connectivity index (χ1v) is 10.1. The van der Waals surface area contributed by atoms with E-state index in [0.717, 1.165) is 0 Å². The number of hydrogen-bond donors (Lipinski definition) is 0. The van der Waals surface area contributed by atoms with Gasteiger partial charge in [0, 0.05) is 0 Å². The minimum atomic E-state index is -3.34. The van der Waals surface area contributed by atoms with Gasteiger partial charge in [0.2, 0.25) is 9.84 Å². The maximum absolute atomic E-state index is 12.0. The highest BCUT2D eigenvalue weighted by atomic mass is 32.2. The van der Waals surface area contributed by atoms with Crippen molar-refractivity contribution >= 4 is 9.84 Å². The molecule has 0 saturated carbocycles. The fraction of sp³-hybridized carbons (Fsp3) is 0.400. The maximum Gasteiger partial charge on any atom is 0.206 e. The lowest BCUT2D eigenvalue weighted by atomic mass is 10.3. The van der Waals surface area contributed by atoms with Crippen molar-refractivity contribution in [3.63, 3.8) is 0 Å². The molecule has 2 aromatic carbocycles. The monoisotopic (exact) mass is 348 g/mol. The highest BCUT2D eigenvalue weighted by molar-refractivity contribution is 7.91. The molecule has 0 radical (unpaired) electrons. The number of hydrogen-bond acceptors (Lipinski definition) is 2. The van der Waals surface area contributed by atoms with E-state index < -0.39 is 9.84 Å². The normalized spacial score (nSPS) is 11.5. The standard InChI is InChI=1S/C12H10O2S.C8H20N/c13-15(14,11-7-3-1-4-8-11)12-9-5-2-6-10-12;1-5-9(6-2,7-3)8-4/h1-10H;5-8H2,1-4H3/q;+1. The van der Waals surface area contributed by atoms with E-state index in [9.17, 15) is 8.42 Å². The number of sulfone groups is 1. The van der Waals surface area contributed by atoms with Crippen LogP contribution in [0.4, 0.5) is 0 Å². The van der Waals surface area contributed by atoms with Crippen LogP contribution < -0.4 is 0 Å². The van der Waals surface area contributed by atoms with Crippen molar-refractivity contribution in [2.75, 3.05) is 26.2 Å². The Morgan fingerprint density at radius 2 is 0.917 bits per heavy atom. The summed E-state index contributed by atoms with van der Waals surface area (Å²) in [4.78, 5) is 0.660. The SMILES string of the molecule is CC[N+](CC)(CC)CC.O=S(=O)(c1ccccc1)c1ccccc1. The summed E-state index contributed by atoms with van der Waals surface area (Å²) in [6.45, 7) is 14.2. The summed E-state index contributed by atoms with van der Waals surface area (Å²) in [6.07, 6.45) is 0. The second-order valence-electron chi connectivity index (χ2n) is 5.74. The molecule has 0 atom stereocenters. The highest BCUT2D eigenvalue weighted by Gasteiger charge is 2.16. The second kappa shape index (κ2) is 9.60. The minimum Gasteiger partial charge on any atom is -0.325 e. The van der Waals surface area contributed by atoms with E-state index in [1.165, 1.54) is 30.7 Å². The summed E-state index contributed by atoms with van der Waals surface area (Å²) in [5.41, 5.74) is 0. The average Bonchev–Trinajstić information content (AvgIpc) is 2.66. The Morgan fingerprint density at radius 1 is 0.625 bits per heavy atom. The zero-order chi connectivity index (χ0) is 18.1. The van der Waals surface area contributed by atoms with Crippen molar-refractivity contribution < 1.29 is 12.9 Å². The molecule has 0 aliphatic heterocycles. The van der Waals surface area contributed by atoms with Crippen LogP contribution in [0.3, 0.4) is 0 Å². The fourth-order valence-electron chi connectivity index (χ4n) is 2.68. The molecule has 0 aliphatic carbocycles. The van der Waals surface area contributed by atoms with Gasteiger partial charge < -0.3 is 4.48 Å². The van der Waals surface area contributed by atoms with Crippen molar-refractivity contribution in [2.45, 2.75) is 37.5 Å². The van der Waals surface area contributed by atoms with Crippen LogP contribution in [0.15, 0.2) is 70.5 Å². The van der Waals surface area contributed by atoms with Gasteiger partial charge in [0.15, 0.2) is 0 Å². The summed E-state index contributed by atoms with van der Waals surface area (Å²) in [7, 11) is -3.34. The van der Waals surface area contributed by atoms with E-state index in [0.29, 0.717) is 9.79 Å². The third-order valence-electron chi connectivity index (χ3n) is 4.79. The first kappa shape index (κ1) is 20.4. The largest absolute Gasteiger partial charge is 0.325 e. The quantitative estimate of drug-likeness (QED) is 0.725. The lowest BCUT2D eigenvalue weighted by Gasteiger charge is -2.34. The molecule has 3 nitrogen and oxygen atoms in total. The van der Waals surface area contributed by atoms with Crippen molar-refractivity contribution in [1.82, 2.24) is 0 Å². The molecule has 0 N–H and O–H groups in total. The minimum absolute atomic E-state index is 0.330. The predicted octanol–water partition coefficient (Wildman–Crippen LogP) is 4.40. The van der Waals surface area contributed by atoms with Gasteiger partial charge in [-0.3, -0.25) is 0 Å². The van der Waals surface area contributed by atoms with Crippen molar-refractivity contribution in [3.05, 3.63) is 60.7 Å². The molecule has 4 heteroatoms. The first-order chi connectivity index (χ1) is 11.5. The Morgan fingerprint density at radius 3 is 1.12 bits per heavy atom. The van der Waals surface area contributed by atoms with Gasteiger partial charge in [0.25, 0.3) is 0 Å². The summed E-state index contributed by atoms with van der Waals surface area (Å²) < 4.78 is 25.3. The Kier molecular flexibility index (Phi) is 8.16. The smallest absolute Gasteiger partial charge is 0.206 e. The van der Waals surface area contributed by atoms with Crippen molar-refractivity contribution in [2.24, 2.45) is 0 Å². The third kappa shape index (κ3) is 5.18. The third-order valence-corrected chi connectivity index (χ3v) is 6.58. The molecule has 0 saturated heterocycles. The zero-order valence-electron chi connectivity index (χ0n) is 15.3. The van der Waals surface area contributed by atoms with Crippen LogP contribution in [0.1, 0.15) is 27.7 Å². The predicted molar refractivity (Wildman–Crippen MR) is 101 cm³/mol. The van der Waals surface area contributed by atoms with Gasteiger partial charge in [0.05, 0.1) is 36.0 Å². The van der Waals surface area contributed by atoms with Crippen LogP contribution in [0.5, 0.6) is 0 Å². The first-order valence-electron chi connectivity index (χ1n) is 8.66. The van der Waals surface area contributed by atoms with Gasteiger partial charge in [-0.2, -0.15) is 0 Å². The molecule has 2 rings (SSSR count). The van der Waals surface area contributed by atoms with Gasteiger partial charge in [-0.1, -0.05) is 36.4 Å². The van der Waals surface area contributed by atoms with Gasteiger partial charge in [-0.05, 0) is 52.0 Å². The van der Waals surface area contributed by atoms with E-state index in [1.807, 2.05) is 0 Å². The van der Waals surface area contributed by atoms with E-state index in [4.69, 9.17) is 0 Å². The summed E-state index contributed by atoms with van der Waals surface area (Å²) in [5.74, 6) is 0. The molecule has 0 bridgehead atoms. The summed E-state index contributed by atoms with van der Waals surface area (Å²) in [6, 6.07) is 16.9. The van der Waals surface area contributed by atoms with Crippen molar-refractivity contribution in [3.8, 4) is 0 Å². The number of benzene rings is 2.